The highest BCUT2D eigenvalue weighted by atomic mass is 35.5. The lowest BCUT2D eigenvalue weighted by Crippen LogP contribution is -2.59. The van der Waals surface area contributed by atoms with Gasteiger partial charge in [0.25, 0.3) is 5.91 Å². The summed E-state index contributed by atoms with van der Waals surface area (Å²) in [6.45, 7) is 7.83. The summed E-state index contributed by atoms with van der Waals surface area (Å²) in [6, 6.07) is 3.99. The van der Waals surface area contributed by atoms with Crippen molar-refractivity contribution in [2.45, 2.75) is 127 Å². The molecule has 59 heavy (non-hydrogen) atoms. The SMILES string of the molecule is CCCOc1cc2c(Cl)cccc2c(O[C@@H]2C[C@H]3C(=O)N[C@]4(C(=O)NS(=O)(=O)C5(C)CC5)C[C@H]4/C=C\CC[C@@H](C)C[C@@H](C)[C@H](NC(=O)O[C@H](C)C(F)(F)F)C(=O)N3C2)n1. The molecule has 19 heteroatoms. The fourth-order valence-electron chi connectivity index (χ4n) is 7.70. The number of amides is 4. The number of sulfonamides is 1. The summed E-state index contributed by atoms with van der Waals surface area (Å²) >= 11 is 6.55. The van der Waals surface area contributed by atoms with Gasteiger partial charge in [0, 0.05) is 34.2 Å². The Kier molecular flexibility index (Phi) is 12.7. The molecule has 4 amide bonds. The monoisotopic (exact) mass is 869 g/mol. The van der Waals surface area contributed by atoms with E-state index in [1.807, 2.05) is 19.9 Å². The zero-order valence-corrected chi connectivity index (χ0v) is 35.1. The van der Waals surface area contributed by atoms with E-state index in [1.54, 1.807) is 37.3 Å². The number of nitrogens with zero attached hydrogens (tertiary/aromatic N) is 2. The fourth-order valence-corrected chi connectivity index (χ4v) is 9.24. The van der Waals surface area contributed by atoms with Gasteiger partial charge in [0.05, 0.1) is 17.9 Å². The summed E-state index contributed by atoms with van der Waals surface area (Å²) < 4.78 is 84.6. The number of alkyl halides is 3. The maximum Gasteiger partial charge on any atom is 0.425 e. The Hall–Kier alpha value is -4.32. The zero-order chi connectivity index (χ0) is 43.1. The summed E-state index contributed by atoms with van der Waals surface area (Å²) in [5, 5.41) is 6.62. The number of ether oxygens (including phenoxy) is 3. The van der Waals surface area contributed by atoms with E-state index in [0.29, 0.717) is 67.9 Å². The second-order valence-electron chi connectivity index (χ2n) is 16.6. The summed E-state index contributed by atoms with van der Waals surface area (Å²) in [6.07, 6.45) is -3.22. The molecule has 0 unspecified atom stereocenters. The van der Waals surface area contributed by atoms with Crippen LogP contribution in [0.2, 0.25) is 5.02 Å². The summed E-state index contributed by atoms with van der Waals surface area (Å²) in [5.74, 6) is -3.43. The van der Waals surface area contributed by atoms with Crippen LogP contribution in [0.15, 0.2) is 36.4 Å². The normalized spacial score (nSPS) is 29.4. The molecule has 6 rings (SSSR count). The molecule has 2 aliphatic heterocycles. The van der Waals surface area contributed by atoms with Gasteiger partial charge in [0.2, 0.25) is 33.6 Å². The van der Waals surface area contributed by atoms with Crippen molar-refractivity contribution in [2.24, 2.45) is 17.8 Å². The van der Waals surface area contributed by atoms with Crippen molar-refractivity contribution in [3.05, 3.63) is 41.4 Å². The van der Waals surface area contributed by atoms with Crippen LogP contribution in [0.1, 0.15) is 86.0 Å². The van der Waals surface area contributed by atoms with Crippen LogP contribution in [-0.2, 0) is 29.1 Å². The molecule has 8 atom stereocenters. The molecule has 1 aromatic carbocycles. The smallest absolute Gasteiger partial charge is 0.425 e. The first kappa shape index (κ1) is 44.2. The second kappa shape index (κ2) is 17.0. The molecule has 2 aliphatic carbocycles. The van der Waals surface area contributed by atoms with Crippen molar-refractivity contribution in [3.63, 3.8) is 0 Å². The lowest BCUT2D eigenvalue weighted by Gasteiger charge is -2.33. The number of rotatable bonds is 10. The van der Waals surface area contributed by atoms with Gasteiger partial charge in [-0.15, -0.1) is 0 Å². The molecule has 2 saturated carbocycles. The molecule has 0 bridgehead atoms. The van der Waals surface area contributed by atoms with E-state index in [1.165, 1.54) is 11.8 Å². The first-order chi connectivity index (χ1) is 27.7. The number of carbonyl (C=O) groups is 4. The lowest BCUT2D eigenvalue weighted by molar-refractivity contribution is -0.197. The quantitative estimate of drug-likeness (QED) is 0.241. The first-order valence-electron chi connectivity index (χ1n) is 20.0. The topological polar surface area (TPSA) is 182 Å². The first-order valence-corrected chi connectivity index (χ1v) is 21.8. The van der Waals surface area contributed by atoms with Gasteiger partial charge in [0.1, 0.15) is 23.7 Å². The van der Waals surface area contributed by atoms with Crippen LogP contribution in [0.3, 0.4) is 0 Å². The van der Waals surface area contributed by atoms with Crippen LogP contribution < -0.4 is 24.8 Å². The third-order valence-electron chi connectivity index (χ3n) is 11.8. The van der Waals surface area contributed by atoms with Crippen molar-refractivity contribution in [3.8, 4) is 11.8 Å². The van der Waals surface area contributed by atoms with Gasteiger partial charge >= 0.3 is 12.3 Å². The van der Waals surface area contributed by atoms with Crippen LogP contribution in [0, 0.1) is 17.8 Å². The number of benzene rings is 1. The van der Waals surface area contributed by atoms with Crippen LogP contribution >= 0.6 is 11.6 Å². The van der Waals surface area contributed by atoms with Gasteiger partial charge in [-0.2, -0.15) is 18.2 Å². The summed E-state index contributed by atoms with van der Waals surface area (Å²) in [5.41, 5.74) is -1.66. The number of aromatic nitrogens is 1. The molecule has 0 radical (unpaired) electrons. The number of carbonyl (C=O) groups excluding carboxylic acids is 4. The number of hydrogen-bond donors (Lipinski definition) is 3. The Balaban J connectivity index is 1.37. The van der Waals surface area contributed by atoms with E-state index in [9.17, 15) is 40.8 Å². The predicted molar refractivity (Wildman–Crippen MR) is 211 cm³/mol. The Bertz CT molecular complexity index is 2100. The second-order valence-corrected chi connectivity index (χ2v) is 19.2. The largest absolute Gasteiger partial charge is 0.478 e. The van der Waals surface area contributed by atoms with E-state index in [4.69, 9.17) is 21.1 Å². The number of fused-ring (bicyclic) bond motifs is 3. The highest BCUT2D eigenvalue weighted by molar-refractivity contribution is 7.91. The molecule has 14 nitrogen and oxygen atoms in total. The molecular weight excluding hydrogens is 819 g/mol. The predicted octanol–water partition coefficient (Wildman–Crippen LogP) is 5.96. The summed E-state index contributed by atoms with van der Waals surface area (Å²) in [4.78, 5) is 62.0. The Morgan fingerprint density at radius 2 is 1.88 bits per heavy atom. The minimum Gasteiger partial charge on any atom is -0.478 e. The van der Waals surface area contributed by atoms with Crippen LogP contribution in [0.4, 0.5) is 18.0 Å². The molecule has 0 spiro atoms. The van der Waals surface area contributed by atoms with E-state index < -0.39 is 86.4 Å². The Labute approximate surface area is 346 Å². The van der Waals surface area contributed by atoms with Gasteiger partial charge in [-0.3, -0.25) is 19.1 Å². The molecule has 1 saturated heterocycles. The van der Waals surface area contributed by atoms with Gasteiger partial charge in [-0.1, -0.05) is 50.6 Å². The molecule has 1 aromatic heterocycles. The fraction of sp³-hybridized carbons (Fsp3) is 0.625. The van der Waals surface area contributed by atoms with Crippen molar-refractivity contribution in [1.29, 1.82) is 0 Å². The van der Waals surface area contributed by atoms with Crippen molar-refractivity contribution in [1.82, 2.24) is 25.2 Å². The third-order valence-corrected chi connectivity index (χ3v) is 14.3. The van der Waals surface area contributed by atoms with Gasteiger partial charge < -0.3 is 29.7 Å². The number of nitrogens with one attached hydrogen (secondary N) is 3. The van der Waals surface area contributed by atoms with E-state index in [0.717, 1.165) is 0 Å². The van der Waals surface area contributed by atoms with E-state index in [2.05, 4.69) is 25.1 Å². The Morgan fingerprint density at radius 1 is 1.15 bits per heavy atom. The van der Waals surface area contributed by atoms with Gasteiger partial charge in [-0.25, -0.2) is 13.2 Å². The highest BCUT2D eigenvalue weighted by Gasteiger charge is 2.63. The van der Waals surface area contributed by atoms with Gasteiger partial charge in [0.15, 0.2) is 6.10 Å². The molecule has 324 valence electrons. The third kappa shape index (κ3) is 9.68. The highest BCUT2D eigenvalue weighted by Crippen LogP contribution is 2.48. The number of halogens is 4. The van der Waals surface area contributed by atoms with E-state index in [-0.39, 0.29) is 37.1 Å². The maximum absolute atomic E-state index is 14.8. The number of allylic oxidation sites excluding steroid dienone is 1. The standard InChI is InChI=1S/C40H51ClF3N5O9S/c1-6-16-56-31-19-28-27(12-9-13-29(28)41)34(45-31)58-26-18-30-33(50)47-39(36(52)48-59(54,55)38(5)14-15-38)20-25(39)11-8-7-10-22(2)17-23(3)32(35(51)49(30)21-26)46-37(53)57-24(4)40(42,43)44/h8-9,11-13,19,22-26,30,32H,6-7,10,14-18,20-21H2,1-5H3,(H,46,53)(H,47,50)(H,48,52)/b11-8-/t22-,23-,24-,25-,26-,30+,32+,39-/m1/s1. The number of pyridine rings is 1. The number of hydrogen-bond acceptors (Lipinski definition) is 10. The van der Waals surface area contributed by atoms with Crippen molar-refractivity contribution < 1.29 is 55.0 Å². The average Bonchev–Trinajstić information content (AvgIpc) is 4.04. The van der Waals surface area contributed by atoms with Crippen molar-refractivity contribution >= 4 is 56.2 Å². The molecule has 2 aromatic rings. The number of alkyl carbamates (subject to hydrolysis) is 1. The van der Waals surface area contributed by atoms with Crippen LogP contribution in [0.25, 0.3) is 10.8 Å². The minimum atomic E-state index is -4.86. The Morgan fingerprint density at radius 3 is 2.56 bits per heavy atom. The molecule has 3 fully saturated rings. The molecular formula is C40H51ClF3N5O9S. The molecule has 4 aliphatic rings. The minimum absolute atomic E-state index is 0.0442. The van der Waals surface area contributed by atoms with Crippen LogP contribution in [-0.4, -0.2) is 96.0 Å². The van der Waals surface area contributed by atoms with Crippen molar-refractivity contribution in [2.75, 3.05) is 13.2 Å². The summed E-state index contributed by atoms with van der Waals surface area (Å²) in [7, 11) is -4.09. The zero-order valence-electron chi connectivity index (χ0n) is 33.6. The van der Waals surface area contributed by atoms with E-state index >= 15 is 0 Å². The molecule has 3 heterocycles. The maximum atomic E-state index is 14.8. The van der Waals surface area contributed by atoms with Crippen LogP contribution in [0.5, 0.6) is 11.8 Å². The molecule has 3 N–H and O–H groups in total. The average molecular weight is 870 g/mol. The lowest BCUT2D eigenvalue weighted by atomic mass is 9.88. The van der Waals surface area contributed by atoms with Gasteiger partial charge in [-0.05, 0) is 82.8 Å².